The Bertz CT molecular complexity index is 200. The third-order valence-corrected chi connectivity index (χ3v) is 3.48. The molecule has 0 nitrogen and oxygen atoms in total. The van der Waals surface area contributed by atoms with Gasteiger partial charge in [-0.3, -0.25) is 0 Å². The lowest BCUT2D eigenvalue weighted by atomic mass is 10.4. The Labute approximate surface area is 67.3 Å². The highest BCUT2D eigenvalue weighted by Gasteiger charge is 2.24. The van der Waals surface area contributed by atoms with Crippen molar-refractivity contribution in [2.45, 2.75) is 0 Å². The highest BCUT2D eigenvalue weighted by molar-refractivity contribution is 8.03. The van der Waals surface area contributed by atoms with Crippen LogP contribution in [0.5, 0.6) is 0 Å². The van der Waals surface area contributed by atoms with Gasteiger partial charge in [-0.25, -0.2) is 0 Å². The first-order chi connectivity index (χ1) is 4.61. The minimum atomic E-state index is -1.30. The summed E-state index contributed by atoms with van der Waals surface area (Å²) >= 11 is 6.17. The summed E-state index contributed by atoms with van der Waals surface area (Å²) in [5.41, 5.74) is 0. The van der Waals surface area contributed by atoms with Crippen LogP contribution in [0.25, 0.3) is 0 Å². The second-order valence-electron chi connectivity index (χ2n) is 2.65. The molecule has 10 heavy (non-hydrogen) atoms. The monoisotopic (exact) mass is 173 g/mol. The van der Waals surface area contributed by atoms with Gasteiger partial charge in [0.25, 0.3) is 0 Å². The van der Waals surface area contributed by atoms with Gasteiger partial charge >= 0.3 is 0 Å². The van der Waals surface area contributed by atoms with Crippen LogP contribution in [0.4, 0.5) is 0 Å². The van der Waals surface area contributed by atoms with Gasteiger partial charge in [-0.2, -0.15) is 0 Å². The van der Waals surface area contributed by atoms with Gasteiger partial charge in [-0.1, -0.05) is 18.2 Å². The summed E-state index contributed by atoms with van der Waals surface area (Å²) in [4.78, 5) is 0. The van der Waals surface area contributed by atoms with Crippen LogP contribution >= 0.6 is 17.9 Å². The fourth-order valence-corrected chi connectivity index (χ4v) is 2.00. The molecule has 0 fully saturated rings. The first kappa shape index (κ1) is 8.04. The summed E-state index contributed by atoms with van der Waals surface area (Å²) in [7, 11) is 0. The van der Waals surface area contributed by atoms with Crippen molar-refractivity contribution in [2.24, 2.45) is 0 Å². The third kappa shape index (κ3) is 1.97. The van der Waals surface area contributed by atoms with Gasteiger partial charge in [-0.05, 0) is 12.1 Å². The summed E-state index contributed by atoms with van der Waals surface area (Å²) in [5, 5.41) is 1.27. The summed E-state index contributed by atoms with van der Waals surface area (Å²) < 4.78 is 0. The number of halogens is 1. The molecule has 0 N–H and O–H groups in total. The molecule has 2 heteroatoms. The van der Waals surface area contributed by atoms with Crippen LogP contribution in [0.1, 0.15) is 0 Å². The van der Waals surface area contributed by atoms with Crippen molar-refractivity contribution in [3.8, 4) is 0 Å². The predicted molar refractivity (Wildman–Crippen MR) is 50.7 cm³/mol. The Hall–Kier alpha value is -0.0600. The Morgan fingerprint density at radius 3 is 1.90 bits per heavy atom. The van der Waals surface area contributed by atoms with E-state index in [0.717, 1.165) is 0 Å². The standard InChI is InChI=1S/C8H11ClP/c1-10(2,9)8-6-4-3-5-7-8/h3-7H,1-2H3/q+1. The molecule has 0 aliphatic carbocycles. The van der Waals surface area contributed by atoms with Crippen LogP contribution in [0.2, 0.25) is 0 Å². The number of hydrogen-bond donors (Lipinski definition) is 0. The average Bonchev–Trinajstić information content (AvgIpc) is 1.88. The molecule has 0 aromatic heterocycles. The lowest BCUT2D eigenvalue weighted by Gasteiger charge is -2.05. The van der Waals surface area contributed by atoms with Gasteiger partial charge in [0.15, 0.2) is 0 Å². The van der Waals surface area contributed by atoms with Crippen LogP contribution in [0.15, 0.2) is 30.3 Å². The van der Waals surface area contributed by atoms with Gasteiger partial charge < -0.3 is 0 Å². The molecular weight excluding hydrogens is 163 g/mol. The van der Waals surface area contributed by atoms with Crippen molar-refractivity contribution in [3.63, 3.8) is 0 Å². The predicted octanol–water partition coefficient (Wildman–Crippen LogP) is 2.74. The van der Waals surface area contributed by atoms with Crippen LogP contribution in [0.3, 0.4) is 0 Å². The first-order valence-corrected chi connectivity index (χ1v) is 6.79. The van der Waals surface area contributed by atoms with E-state index in [1.807, 2.05) is 18.2 Å². The maximum Gasteiger partial charge on any atom is 0.140 e. The maximum absolute atomic E-state index is 6.17. The van der Waals surface area contributed by atoms with Gasteiger partial charge in [0, 0.05) is 0 Å². The Morgan fingerprint density at radius 1 is 1.10 bits per heavy atom. The fourth-order valence-electron chi connectivity index (χ4n) is 0.782. The molecule has 0 aliphatic heterocycles. The van der Waals surface area contributed by atoms with E-state index < -0.39 is 6.62 Å². The maximum atomic E-state index is 6.17. The van der Waals surface area contributed by atoms with Gasteiger partial charge in [-0.15, -0.1) is 0 Å². The normalized spacial score (nSPS) is 11.5. The van der Waals surface area contributed by atoms with E-state index in [-0.39, 0.29) is 0 Å². The Kier molecular flexibility index (Phi) is 2.33. The topological polar surface area (TPSA) is 0 Å². The first-order valence-electron chi connectivity index (χ1n) is 3.20. The second-order valence-corrected chi connectivity index (χ2v) is 8.34. The van der Waals surface area contributed by atoms with Crippen LogP contribution in [-0.4, -0.2) is 13.3 Å². The second kappa shape index (κ2) is 2.90. The van der Waals surface area contributed by atoms with Crippen molar-refractivity contribution >= 4 is 23.2 Å². The van der Waals surface area contributed by atoms with E-state index in [9.17, 15) is 0 Å². The molecule has 0 spiro atoms. The number of benzene rings is 1. The van der Waals surface area contributed by atoms with E-state index in [1.54, 1.807) is 0 Å². The summed E-state index contributed by atoms with van der Waals surface area (Å²) in [5.74, 6) is 0. The van der Waals surface area contributed by atoms with E-state index in [1.165, 1.54) is 5.30 Å². The lowest BCUT2D eigenvalue weighted by molar-refractivity contribution is 1.77. The summed E-state index contributed by atoms with van der Waals surface area (Å²) in [6, 6.07) is 10.2. The molecule has 54 valence electrons. The van der Waals surface area contributed by atoms with Crippen molar-refractivity contribution in [1.29, 1.82) is 0 Å². The van der Waals surface area contributed by atoms with E-state index in [4.69, 9.17) is 11.2 Å². The van der Waals surface area contributed by atoms with Gasteiger partial charge in [0.2, 0.25) is 0 Å². The molecule has 0 aliphatic rings. The average molecular weight is 174 g/mol. The molecule has 1 rings (SSSR count). The zero-order valence-electron chi connectivity index (χ0n) is 6.21. The fraction of sp³-hybridized carbons (Fsp3) is 0.250. The van der Waals surface area contributed by atoms with Crippen LogP contribution in [-0.2, 0) is 0 Å². The summed E-state index contributed by atoms with van der Waals surface area (Å²) in [6.07, 6.45) is 0. The van der Waals surface area contributed by atoms with Gasteiger partial charge in [0.05, 0.1) is 24.6 Å². The highest BCUT2D eigenvalue weighted by atomic mass is 35.7. The molecule has 0 bridgehead atoms. The van der Waals surface area contributed by atoms with E-state index in [2.05, 4.69) is 25.5 Å². The molecule has 0 saturated heterocycles. The molecule has 1 aromatic rings. The Balaban J connectivity index is 2.97. The molecule has 0 unspecified atom stereocenters. The SMILES string of the molecule is C[P+](C)(Cl)c1ccccc1. The molecule has 0 atom stereocenters. The minimum absolute atomic E-state index is 1.27. The van der Waals surface area contributed by atoms with Crippen LogP contribution < -0.4 is 5.30 Å². The van der Waals surface area contributed by atoms with Gasteiger partial charge in [0.1, 0.15) is 11.9 Å². The molecule has 0 amide bonds. The number of hydrogen-bond acceptors (Lipinski definition) is 0. The lowest BCUT2D eigenvalue weighted by Crippen LogP contribution is -2.02. The summed E-state index contributed by atoms with van der Waals surface area (Å²) in [6.45, 7) is 2.91. The molecule has 1 aromatic carbocycles. The largest absolute Gasteiger partial charge is 0.140 e. The van der Waals surface area contributed by atoms with Crippen molar-refractivity contribution in [3.05, 3.63) is 30.3 Å². The molecular formula is C8H11ClP+. The highest BCUT2D eigenvalue weighted by Crippen LogP contribution is 2.54. The smallest absolute Gasteiger partial charge is 0.0620 e. The van der Waals surface area contributed by atoms with Crippen molar-refractivity contribution in [2.75, 3.05) is 13.3 Å². The Morgan fingerprint density at radius 2 is 1.60 bits per heavy atom. The molecule has 0 saturated carbocycles. The van der Waals surface area contributed by atoms with Crippen molar-refractivity contribution in [1.82, 2.24) is 0 Å². The van der Waals surface area contributed by atoms with Crippen LogP contribution in [0, 0.1) is 0 Å². The number of rotatable bonds is 1. The molecule has 0 radical (unpaired) electrons. The van der Waals surface area contributed by atoms with E-state index in [0.29, 0.717) is 0 Å². The third-order valence-electron chi connectivity index (χ3n) is 1.37. The van der Waals surface area contributed by atoms with Crippen molar-refractivity contribution < 1.29 is 0 Å². The minimum Gasteiger partial charge on any atom is -0.0620 e. The van der Waals surface area contributed by atoms with E-state index >= 15 is 0 Å². The quantitative estimate of drug-likeness (QED) is 0.573. The molecule has 0 heterocycles. The zero-order chi connectivity index (χ0) is 7.61. The zero-order valence-corrected chi connectivity index (χ0v) is 7.86.